The van der Waals surface area contributed by atoms with Crippen LogP contribution in [-0.4, -0.2) is 142 Å². The molecule has 1 aromatic heterocycles. The van der Waals surface area contributed by atoms with Gasteiger partial charge in [0.1, 0.15) is 24.2 Å². The molecule has 21 nitrogen and oxygen atoms in total. The average Bonchev–Trinajstić information content (AvgIpc) is 3.76. The Balaban J connectivity index is 1.87. The lowest BCUT2D eigenvalue weighted by molar-refractivity contribution is -0.145. The maximum atomic E-state index is 14.5. The molecule has 72 heavy (non-hydrogen) atoms. The van der Waals surface area contributed by atoms with Gasteiger partial charge in [-0.25, -0.2) is 4.79 Å². The normalized spacial score (nSPS) is 15.9. The molecule has 16 N–H and O–H groups in total. The molecule has 0 spiro atoms. The van der Waals surface area contributed by atoms with Crippen LogP contribution in [-0.2, 0) is 46.4 Å². The number of aromatic nitrogens is 1. The van der Waals surface area contributed by atoms with Crippen LogP contribution in [0.5, 0.6) is 0 Å². The van der Waals surface area contributed by atoms with Crippen molar-refractivity contribution in [1.29, 1.82) is 0 Å². The van der Waals surface area contributed by atoms with Crippen molar-refractivity contribution in [2.75, 3.05) is 25.1 Å². The summed E-state index contributed by atoms with van der Waals surface area (Å²) in [6, 6.07) is 8.32. The highest BCUT2D eigenvalue weighted by Gasteiger charge is 2.36. The van der Waals surface area contributed by atoms with Gasteiger partial charge >= 0.3 is 5.97 Å². The number of aliphatic imine (C=N–C) groups is 1. The van der Waals surface area contributed by atoms with Gasteiger partial charge in [-0.05, 0) is 80.6 Å². The smallest absolute Gasteiger partial charge is 0.328 e. The zero-order valence-electron chi connectivity index (χ0n) is 42.5. The van der Waals surface area contributed by atoms with Gasteiger partial charge in [0.15, 0.2) is 12.0 Å². The predicted octanol–water partition coefficient (Wildman–Crippen LogP) is 0.532. The second-order valence-electron chi connectivity index (χ2n) is 18.4. The molecule has 398 valence electrons. The number of carboxylic acids is 1. The Hall–Kier alpha value is -6.23. The van der Waals surface area contributed by atoms with Gasteiger partial charge in [0.2, 0.25) is 35.4 Å². The minimum atomic E-state index is -1.61. The van der Waals surface area contributed by atoms with Crippen molar-refractivity contribution in [2.45, 2.75) is 141 Å². The molecule has 0 bridgehead atoms. The first-order valence-corrected chi connectivity index (χ1v) is 26.0. The van der Waals surface area contributed by atoms with Crippen LogP contribution in [0.4, 0.5) is 0 Å². The van der Waals surface area contributed by atoms with Crippen LogP contribution in [0, 0.1) is 11.8 Å². The van der Waals surface area contributed by atoms with E-state index in [1.54, 1.807) is 45.7 Å². The topological polar surface area (TPSA) is 350 Å². The molecule has 22 heteroatoms. The molecule has 1 heterocycles. The van der Waals surface area contributed by atoms with E-state index in [0.29, 0.717) is 37.9 Å². The quantitative estimate of drug-likeness (QED) is 0.0231. The van der Waals surface area contributed by atoms with Crippen molar-refractivity contribution in [2.24, 2.45) is 34.0 Å². The van der Waals surface area contributed by atoms with Crippen molar-refractivity contribution in [3.8, 4) is 0 Å². The molecule has 6 amide bonds. The first-order valence-electron chi connectivity index (χ1n) is 24.6. The van der Waals surface area contributed by atoms with Gasteiger partial charge < -0.3 is 69.6 Å². The summed E-state index contributed by atoms with van der Waals surface area (Å²) in [7, 11) is 0. The van der Waals surface area contributed by atoms with Crippen molar-refractivity contribution < 1.29 is 43.8 Å². The first kappa shape index (κ1) is 60.1. The number of para-hydroxylation sites is 1. The van der Waals surface area contributed by atoms with E-state index in [4.69, 9.17) is 17.2 Å². The summed E-state index contributed by atoms with van der Waals surface area (Å²) in [6.45, 7) is 10.2. The number of amides is 6. The number of aliphatic hydroxyl groups is 1. The third kappa shape index (κ3) is 19.4. The fraction of sp³-hybridized carbons (Fsp3) is 0.560. The third-order valence-electron chi connectivity index (χ3n) is 12.6. The summed E-state index contributed by atoms with van der Waals surface area (Å²) in [5.41, 5.74) is 19.9. The van der Waals surface area contributed by atoms with Gasteiger partial charge in [0.25, 0.3) is 0 Å². The van der Waals surface area contributed by atoms with E-state index in [0.717, 1.165) is 22.0 Å². The number of guanidine groups is 1. The highest BCUT2D eigenvalue weighted by atomic mass is 32.2. The van der Waals surface area contributed by atoms with E-state index in [-0.39, 0.29) is 31.9 Å². The summed E-state index contributed by atoms with van der Waals surface area (Å²) < 4.78 is 0. The Bertz CT molecular complexity index is 2260. The molecule has 0 aliphatic rings. The molecule has 0 unspecified atom stereocenters. The largest absolute Gasteiger partial charge is 0.480 e. The lowest BCUT2D eigenvalue weighted by atomic mass is 9.94. The van der Waals surface area contributed by atoms with Gasteiger partial charge in [0, 0.05) is 42.7 Å². The number of aliphatic carboxylic acids is 1. The van der Waals surface area contributed by atoms with Crippen molar-refractivity contribution >= 4 is 70.0 Å². The Morgan fingerprint density at radius 3 is 1.85 bits per heavy atom. The number of nitrogens with zero attached hydrogens (tertiary/aromatic N) is 1. The Labute approximate surface area is 426 Å². The summed E-state index contributed by atoms with van der Waals surface area (Å²) in [5, 5.41) is 40.2. The number of carboxylic acid groups (broad SMARTS) is 1. The Kier molecular flexibility index (Phi) is 25.5. The van der Waals surface area contributed by atoms with E-state index in [9.17, 15) is 43.8 Å². The number of aliphatic hydroxyl groups excluding tert-OH is 1. The van der Waals surface area contributed by atoms with E-state index >= 15 is 0 Å². The van der Waals surface area contributed by atoms with Crippen LogP contribution in [0.15, 0.2) is 65.8 Å². The molecule has 0 aliphatic carbocycles. The van der Waals surface area contributed by atoms with Crippen molar-refractivity contribution in [3.05, 3.63) is 71.9 Å². The molecule has 3 aromatic rings. The molecular weight excluding hydrogens is 945 g/mol. The number of nitrogens with one attached hydrogen (secondary N) is 8. The number of hydrogen-bond donors (Lipinski definition) is 13. The van der Waals surface area contributed by atoms with Crippen LogP contribution in [0.25, 0.3) is 10.9 Å². The Morgan fingerprint density at radius 2 is 1.26 bits per heavy atom. The molecule has 3 rings (SSSR count). The Morgan fingerprint density at radius 1 is 0.694 bits per heavy atom. The minimum Gasteiger partial charge on any atom is -0.480 e. The van der Waals surface area contributed by atoms with Crippen LogP contribution in [0.3, 0.4) is 0 Å². The first-order chi connectivity index (χ1) is 34.2. The summed E-state index contributed by atoms with van der Waals surface area (Å²) in [6.07, 6.45) is 4.37. The average molecular weight is 1020 g/mol. The minimum absolute atomic E-state index is 0.0571. The number of aromatic amines is 1. The number of H-pyrrole nitrogens is 1. The molecular formula is C50H78N12O9S. The molecule has 0 saturated carbocycles. The van der Waals surface area contributed by atoms with E-state index in [1.807, 2.05) is 67.8 Å². The van der Waals surface area contributed by atoms with Crippen LogP contribution >= 0.6 is 11.8 Å². The zero-order chi connectivity index (χ0) is 53.5. The second-order valence-corrected chi connectivity index (χ2v) is 19.3. The number of nitrogens with two attached hydrogens (primary N) is 3. The number of hydrogen-bond acceptors (Lipinski definition) is 12. The van der Waals surface area contributed by atoms with Gasteiger partial charge in [-0.1, -0.05) is 89.1 Å². The number of thioether (sulfide) groups is 1. The molecule has 0 fully saturated rings. The van der Waals surface area contributed by atoms with Crippen LogP contribution in [0.1, 0.15) is 84.8 Å². The van der Waals surface area contributed by atoms with Gasteiger partial charge in [-0.2, -0.15) is 11.8 Å². The highest BCUT2D eigenvalue weighted by molar-refractivity contribution is 7.98. The molecule has 0 radical (unpaired) electrons. The number of rotatable bonds is 32. The van der Waals surface area contributed by atoms with Gasteiger partial charge in [0.05, 0.1) is 18.2 Å². The summed E-state index contributed by atoms with van der Waals surface area (Å²) in [5.74, 6) is -5.45. The summed E-state index contributed by atoms with van der Waals surface area (Å²) >= 11 is 1.54. The zero-order valence-corrected chi connectivity index (χ0v) is 43.4. The number of fused-ring (bicyclic) bond motifs is 1. The van der Waals surface area contributed by atoms with Crippen LogP contribution < -0.4 is 54.4 Å². The number of benzene rings is 2. The van der Waals surface area contributed by atoms with Crippen molar-refractivity contribution in [1.82, 2.24) is 42.2 Å². The molecule has 0 saturated heterocycles. The fourth-order valence-electron chi connectivity index (χ4n) is 7.77. The van der Waals surface area contributed by atoms with E-state index in [2.05, 4.69) is 47.2 Å². The monoisotopic (exact) mass is 1020 g/mol. The molecule has 11 atom stereocenters. The van der Waals surface area contributed by atoms with Crippen LogP contribution in [0.2, 0.25) is 0 Å². The maximum Gasteiger partial charge on any atom is 0.328 e. The maximum absolute atomic E-state index is 14.5. The third-order valence-corrected chi connectivity index (χ3v) is 13.3. The van der Waals surface area contributed by atoms with E-state index < -0.39 is 108 Å². The molecule has 2 aromatic carbocycles. The predicted molar refractivity (Wildman–Crippen MR) is 280 cm³/mol. The standard InChI is InChI=1S/C50H78N12O9S/c1-8-28(3)40(47(68)61-41(29(4)9-2)48(69)62-42(31(6)63)49(70)71)60-43(64)30(5)55-27-34(24-32-16-11-10-12-17-32)57-45(66)38(20-15-22-54-50(52)53)58-46(67)39(59-44(65)36(51)21-23-72-7)25-33-26-56-37-19-14-13-18-35(33)37/h10-14,16-19,26,28-31,34,36,38-42,55-56,63H,8-9,15,20-25,27,51H2,1-7H3,(H,57,66)(H,58,67)(H,59,65)(H,60,64)(H,61,68)(H,62,69)(H,70,71)(H4,52,53,54)/t28-,29-,30-,31+,34-,36-,38-,39-,40-,41-,42-/m0/s1. The summed E-state index contributed by atoms with van der Waals surface area (Å²) in [4.78, 5) is 102. The SMILES string of the molecule is CC[C@H](C)[C@H](NC(=O)[C@H](C)NC[C@H](Cc1ccccc1)NC(=O)[C@H](CCCN=C(N)N)NC(=O)[C@H](Cc1c[nH]c2ccccc12)NC(=O)[C@@H](N)CCSC)C(=O)N[C@H](C(=O)N[C@H](C(=O)O)[C@@H](C)O)[C@@H](C)CC. The van der Waals surface area contributed by atoms with Crippen molar-refractivity contribution in [3.63, 3.8) is 0 Å². The fourth-order valence-corrected chi connectivity index (χ4v) is 8.26. The second kappa shape index (κ2) is 30.6. The lowest BCUT2D eigenvalue weighted by Gasteiger charge is -2.30. The highest BCUT2D eigenvalue weighted by Crippen LogP contribution is 2.20. The van der Waals surface area contributed by atoms with E-state index in [1.165, 1.54) is 6.92 Å². The number of carbonyl (C=O) groups is 7. The molecule has 0 aliphatic heterocycles. The number of carbonyl (C=O) groups excluding carboxylic acids is 6. The van der Waals surface area contributed by atoms with Gasteiger partial charge in [-0.3, -0.25) is 33.8 Å². The van der Waals surface area contributed by atoms with Gasteiger partial charge in [-0.15, -0.1) is 0 Å². The lowest BCUT2D eigenvalue weighted by Crippen LogP contribution is -2.61.